The van der Waals surface area contributed by atoms with Crippen LogP contribution in [0.3, 0.4) is 0 Å². The van der Waals surface area contributed by atoms with Gasteiger partial charge in [-0.05, 0) is 129 Å². The second kappa shape index (κ2) is 21.0. The fourth-order valence-corrected chi connectivity index (χ4v) is 9.45. The van der Waals surface area contributed by atoms with Gasteiger partial charge in [-0.15, -0.1) is 0 Å². The van der Waals surface area contributed by atoms with Crippen LogP contribution < -0.4 is 9.47 Å². The Bertz CT molecular complexity index is 2270. The summed E-state index contributed by atoms with van der Waals surface area (Å²) in [4.78, 5) is 27.8. The van der Waals surface area contributed by atoms with Crippen LogP contribution in [0, 0.1) is 0 Å². The van der Waals surface area contributed by atoms with E-state index in [0.29, 0.717) is 29.9 Å². The number of nitrogens with zero attached hydrogens (tertiary/aromatic N) is 4. The number of rotatable bonds is 16. The molecule has 0 atom stereocenters. The molecule has 0 amide bonds. The first-order chi connectivity index (χ1) is 30.2. The van der Waals surface area contributed by atoms with E-state index in [1.54, 1.807) is 31.4 Å². The van der Waals surface area contributed by atoms with Crippen molar-refractivity contribution in [3.05, 3.63) is 131 Å². The quantitative estimate of drug-likeness (QED) is 0.0982. The first-order valence-electron chi connectivity index (χ1n) is 22.1. The number of aryl methyl sites for hydroxylation is 1. The molecule has 8 rings (SSSR count). The number of aromatic carboxylic acids is 2. The fourth-order valence-electron chi connectivity index (χ4n) is 9.45. The Morgan fingerprint density at radius 1 is 0.613 bits per heavy atom. The van der Waals surface area contributed by atoms with Gasteiger partial charge in [-0.2, -0.15) is 0 Å². The summed E-state index contributed by atoms with van der Waals surface area (Å²) in [5.74, 6) is 0.0262. The zero-order valence-corrected chi connectivity index (χ0v) is 36.7. The maximum atomic E-state index is 11.5. The van der Waals surface area contributed by atoms with E-state index in [0.717, 1.165) is 89.2 Å². The predicted molar refractivity (Wildman–Crippen MR) is 245 cm³/mol. The standard InChI is InChI=1S/C26H32N2O3.C25H30N2O4/c1-3-4-13-28-18-23(21-7-5-6-8-24(21)28)20-11-14-27(15-12-20)17-19-9-10-25(31-2)22(16-19)26(29)30;1-30-14-13-27-17-22(20-5-3-4-6-23(20)27)19-9-11-26(12-10-19)16-18-7-8-24(31-2)21(15-18)25(28)29/h5-10,16,18,20H,3-4,11-15,17H2,1-2H3,(H,29,30);3-8,15,17,19H,9-14,16H2,1-2H3,(H,28,29). The third-order valence-electron chi connectivity index (χ3n) is 12.8. The molecule has 2 fully saturated rings. The van der Waals surface area contributed by atoms with E-state index in [4.69, 9.17) is 14.2 Å². The van der Waals surface area contributed by atoms with Crippen molar-refractivity contribution in [1.82, 2.24) is 18.9 Å². The average Bonchev–Trinajstić information content (AvgIpc) is 3.86. The van der Waals surface area contributed by atoms with Crippen LogP contribution in [-0.4, -0.2) is 95.2 Å². The summed E-state index contributed by atoms with van der Waals surface area (Å²) in [5, 5.41) is 21.6. The van der Waals surface area contributed by atoms with Crippen LogP contribution in [0.25, 0.3) is 21.8 Å². The number of carboxylic acid groups (broad SMARTS) is 2. The summed E-state index contributed by atoms with van der Waals surface area (Å²) >= 11 is 0. The number of ether oxygens (including phenoxy) is 3. The van der Waals surface area contributed by atoms with Gasteiger partial charge in [-0.1, -0.05) is 61.9 Å². The lowest BCUT2D eigenvalue weighted by Gasteiger charge is -2.32. The Kier molecular flexibility index (Phi) is 15.0. The summed E-state index contributed by atoms with van der Waals surface area (Å²) in [5.41, 5.74) is 8.03. The number of para-hydroxylation sites is 2. The van der Waals surface area contributed by atoms with Gasteiger partial charge >= 0.3 is 11.9 Å². The van der Waals surface area contributed by atoms with Crippen LogP contribution in [-0.2, 0) is 30.9 Å². The maximum absolute atomic E-state index is 11.5. The minimum Gasteiger partial charge on any atom is -0.496 e. The van der Waals surface area contributed by atoms with Crippen molar-refractivity contribution in [3.63, 3.8) is 0 Å². The number of fused-ring (bicyclic) bond motifs is 2. The van der Waals surface area contributed by atoms with Gasteiger partial charge in [-0.3, -0.25) is 9.80 Å². The Morgan fingerprint density at radius 2 is 1.05 bits per heavy atom. The van der Waals surface area contributed by atoms with Crippen LogP contribution in [0.4, 0.5) is 0 Å². The normalized spacial score (nSPS) is 15.4. The molecule has 328 valence electrons. The SMILES string of the molecule is CCCCn1cc(C2CCN(Cc3ccc(OC)c(C(=O)O)c3)CC2)c2ccccc21.COCCn1cc(C2CCN(Cc3ccc(OC)c(C(=O)O)c3)CC2)c2ccccc21. The zero-order chi connectivity index (χ0) is 43.6. The number of methoxy groups -OCH3 is 3. The molecule has 11 heteroatoms. The number of unbranched alkanes of at least 4 members (excludes halogenated alkanes) is 1. The highest BCUT2D eigenvalue weighted by molar-refractivity contribution is 5.92. The molecule has 0 radical (unpaired) electrons. The molecule has 0 saturated carbocycles. The second-order valence-corrected chi connectivity index (χ2v) is 16.7. The number of carboxylic acids is 2. The Morgan fingerprint density at radius 3 is 1.45 bits per heavy atom. The smallest absolute Gasteiger partial charge is 0.339 e. The van der Waals surface area contributed by atoms with Crippen molar-refractivity contribution in [2.75, 3.05) is 54.1 Å². The van der Waals surface area contributed by atoms with Gasteiger partial charge in [0, 0.05) is 67.5 Å². The molecule has 2 aliphatic heterocycles. The number of piperidine rings is 2. The first kappa shape index (κ1) is 44.4. The van der Waals surface area contributed by atoms with E-state index in [-0.39, 0.29) is 11.1 Å². The summed E-state index contributed by atoms with van der Waals surface area (Å²) in [7, 11) is 4.74. The summed E-state index contributed by atoms with van der Waals surface area (Å²) < 4.78 is 20.4. The van der Waals surface area contributed by atoms with Crippen LogP contribution in [0.15, 0.2) is 97.3 Å². The Labute approximate surface area is 365 Å². The van der Waals surface area contributed by atoms with Crippen molar-refractivity contribution in [2.45, 2.75) is 83.5 Å². The van der Waals surface area contributed by atoms with Crippen LogP contribution in [0.1, 0.15) is 100 Å². The largest absolute Gasteiger partial charge is 0.496 e. The number of hydrogen-bond donors (Lipinski definition) is 2. The highest BCUT2D eigenvalue weighted by atomic mass is 16.5. The number of carbonyl (C=O) groups is 2. The lowest BCUT2D eigenvalue weighted by atomic mass is 9.89. The van der Waals surface area contributed by atoms with E-state index >= 15 is 0 Å². The summed E-state index contributed by atoms with van der Waals surface area (Å²) in [6.07, 6.45) is 11.6. The number of hydrogen-bond acceptors (Lipinski definition) is 7. The topological polar surface area (TPSA) is 119 Å². The molecule has 4 heterocycles. The van der Waals surface area contributed by atoms with Gasteiger partial charge in [0.05, 0.1) is 20.8 Å². The molecule has 0 spiro atoms. The molecule has 4 aromatic carbocycles. The molecule has 62 heavy (non-hydrogen) atoms. The van der Waals surface area contributed by atoms with Crippen molar-refractivity contribution >= 4 is 33.7 Å². The lowest BCUT2D eigenvalue weighted by molar-refractivity contribution is 0.0682. The van der Waals surface area contributed by atoms with Crippen molar-refractivity contribution in [3.8, 4) is 11.5 Å². The number of likely N-dealkylation sites (tertiary alicyclic amines) is 2. The third kappa shape index (κ3) is 10.3. The zero-order valence-electron chi connectivity index (χ0n) is 36.7. The minimum atomic E-state index is -0.956. The fraction of sp³-hybridized carbons (Fsp3) is 0.412. The summed E-state index contributed by atoms with van der Waals surface area (Å²) in [6.45, 7) is 10.5. The average molecular weight is 843 g/mol. The van der Waals surface area contributed by atoms with Crippen LogP contribution >= 0.6 is 0 Å². The van der Waals surface area contributed by atoms with Gasteiger partial charge in [0.25, 0.3) is 0 Å². The van der Waals surface area contributed by atoms with Gasteiger partial charge in [0.2, 0.25) is 0 Å². The van der Waals surface area contributed by atoms with Gasteiger partial charge < -0.3 is 33.6 Å². The monoisotopic (exact) mass is 842 g/mol. The van der Waals surface area contributed by atoms with Gasteiger partial charge in [0.15, 0.2) is 0 Å². The van der Waals surface area contributed by atoms with Crippen molar-refractivity contribution < 1.29 is 34.0 Å². The first-order valence-corrected chi connectivity index (χ1v) is 22.1. The predicted octanol–water partition coefficient (Wildman–Crippen LogP) is 9.90. The highest BCUT2D eigenvalue weighted by Gasteiger charge is 2.26. The molecule has 2 aromatic heterocycles. The number of benzene rings is 4. The van der Waals surface area contributed by atoms with E-state index in [1.807, 2.05) is 12.1 Å². The molecule has 2 N–H and O–H groups in total. The molecule has 2 aliphatic rings. The molecule has 0 bridgehead atoms. The van der Waals surface area contributed by atoms with Crippen molar-refractivity contribution in [1.29, 1.82) is 0 Å². The molecule has 2 saturated heterocycles. The van der Waals surface area contributed by atoms with Crippen LogP contribution in [0.2, 0.25) is 0 Å². The van der Waals surface area contributed by atoms with E-state index < -0.39 is 11.9 Å². The maximum Gasteiger partial charge on any atom is 0.339 e. The third-order valence-corrected chi connectivity index (χ3v) is 12.8. The van der Waals surface area contributed by atoms with E-state index in [9.17, 15) is 19.8 Å². The number of aromatic nitrogens is 2. The summed E-state index contributed by atoms with van der Waals surface area (Å²) in [6, 6.07) is 28.3. The second-order valence-electron chi connectivity index (χ2n) is 16.7. The molecule has 6 aromatic rings. The van der Waals surface area contributed by atoms with Crippen molar-refractivity contribution in [2.24, 2.45) is 0 Å². The van der Waals surface area contributed by atoms with E-state index in [2.05, 4.69) is 86.8 Å². The molecule has 0 aliphatic carbocycles. The highest BCUT2D eigenvalue weighted by Crippen LogP contribution is 2.37. The molecular weight excluding hydrogens is 781 g/mol. The van der Waals surface area contributed by atoms with Crippen LogP contribution in [0.5, 0.6) is 11.5 Å². The molecule has 11 nitrogen and oxygen atoms in total. The van der Waals surface area contributed by atoms with Gasteiger partial charge in [0.1, 0.15) is 22.6 Å². The minimum absolute atomic E-state index is 0.221. The Hall–Kier alpha value is -5.62. The lowest BCUT2D eigenvalue weighted by Crippen LogP contribution is -2.32. The molecule has 0 unspecified atom stereocenters. The van der Waals surface area contributed by atoms with E-state index in [1.165, 1.54) is 60.0 Å². The molecular formula is C51H62N4O7. The Balaban J connectivity index is 0.000000186. The van der Waals surface area contributed by atoms with Gasteiger partial charge in [-0.25, -0.2) is 9.59 Å².